The van der Waals surface area contributed by atoms with Crippen molar-refractivity contribution >= 4 is 21.6 Å². The van der Waals surface area contributed by atoms with E-state index >= 15 is 0 Å². The van der Waals surface area contributed by atoms with Gasteiger partial charge in [-0.15, -0.1) is 6.42 Å². The number of halogens is 1. The van der Waals surface area contributed by atoms with Crippen molar-refractivity contribution in [2.24, 2.45) is 0 Å². The molecular weight excluding hydrogens is 238 g/mol. The lowest BCUT2D eigenvalue weighted by atomic mass is 10.1. The minimum Gasteiger partial charge on any atom is -0.371 e. The lowest BCUT2D eigenvalue weighted by Crippen LogP contribution is -2.16. The van der Waals surface area contributed by atoms with E-state index in [1.54, 1.807) is 0 Å². The van der Waals surface area contributed by atoms with Gasteiger partial charge in [0, 0.05) is 10.2 Å². The summed E-state index contributed by atoms with van der Waals surface area (Å²) in [4.78, 5) is 0. The van der Waals surface area contributed by atoms with Crippen LogP contribution in [0.1, 0.15) is 18.9 Å². The fraction of sp³-hybridized carbons (Fsp3) is 0.333. The second-order valence-electron chi connectivity index (χ2n) is 3.23. The first-order chi connectivity index (χ1) is 6.67. The van der Waals surface area contributed by atoms with Crippen molar-refractivity contribution in [3.8, 4) is 12.3 Å². The highest BCUT2D eigenvalue weighted by molar-refractivity contribution is 9.10. The van der Waals surface area contributed by atoms with Crippen LogP contribution >= 0.6 is 15.9 Å². The minimum absolute atomic E-state index is 0.120. The van der Waals surface area contributed by atoms with Gasteiger partial charge in [-0.05, 0) is 37.1 Å². The van der Waals surface area contributed by atoms with Crippen LogP contribution in [-0.4, -0.2) is 6.04 Å². The highest BCUT2D eigenvalue weighted by atomic mass is 79.9. The average Bonchev–Trinajstić information content (AvgIpc) is 2.17. The summed E-state index contributed by atoms with van der Waals surface area (Å²) in [6.45, 7) is 4.14. The van der Waals surface area contributed by atoms with Crippen molar-refractivity contribution in [3.63, 3.8) is 0 Å². The number of hydrogen-bond acceptors (Lipinski definition) is 1. The van der Waals surface area contributed by atoms with Crippen LogP contribution < -0.4 is 5.32 Å². The molecule has 1 aromatic carbocycles. The van der Waals surface area contributed by atoms with E-state index in [1.807, 2.05) is 12.1 Å². The summed E-state index contributed by atoms with van der Waals surface area (Å²) in [5.74, 6) is 2.72. The van der Waals surface area contributed by atoms with E-state index in [9.17, 15) is 0 Å². The third kappa shape index (κ3) is 2.78. The van der Waals surface area contributed by atoms with Gasteiger partial charge in [0.05, 0.1) is 6.04 Å². The molecule has 0 radical (unpaired) electrons. The summed E-state index contributed by atoms with van der Waals surface area (Å²) in [5, 5.41) is 3.32. The number of anilines is 1. The van der Waals surface area contributed by atoms with Crippen LogP contribution in [0.2, 0.25) is 0 Å². The summed E-state index contributed by atoms with van der Waals surface area (Å²) >= 11 is 3.43. The predicted octanol–water partition coefficient (Wildman–Crippen LogP) is 3.58. The van der Waals surface area contributed by atoms with Crippen LogP contribution in [0.5, 0.6) is 0 Å². The van der Waals surface area contributed by atoms with Gasteiger partial charge in [-0.25, -0.2) is 0 Å². The monoisotopic (exact) mass is 251 g/mol. The molecule has 1 aromatic rings. The zero-order valence-corrected chi connectivity index (χ0v) is 10.1. The van der Waals surface area contributed by atoms with Crippen molar-refractivity contribution in [1.82, 2.24) is 0 Å². The van der Waals surface area contributed by atoms with Gasteiger partial charge in [0.2, 0.25) is 0 Å². The van der Waals surface area contributed by atoms with E-state index in [4.69, 9.17) is 6.42 Å². The quantitative estimate of drug-likeness (QED) is 0.811. The third-order valence-electron chi connectivity index (χ3n) is 2.13. The summed E-state index contributed by atoms with van der Waals surface area (Å²) in [6, 6.07) is 6.25. The first-order valence-corrected chi connectivity index (χ1v) is 5.45. The Kier molecular flexibility index (Phi) is 4.03. The Balaban J connectivity index is 2.82. The molecule has 0 saturated heterocycles. The van der Waals surface area contributed by atoms with Gasteiger partial charge in [-0.2, -0.15) is 0 Å². The number of benzene rings is 1. The normalized spacial score (nSPS) is 11.9. The summed E-state index contributed by atoms with van der Waals surface area (Å²) in [5.41, 5.74) is 2.31. The molecule has 0 aliphatic rings. The van der Waals surface area contributed by atoms with Gasteiger partial charge >= 0.3 is 0 Å². The molecule has 0 aromatic heterocycles. The van der Waals surface area contributed by atoms with Crippen molar-refractivity contribution in [2.45, 2.75) is 26.3 Å². The number of hydrogen-bond donors (Lipinski definition) is 1. The van der Waals surface area contributed by atoms with E-state index in [0.717, 1.165) is 16.6 Å². The number of rotatable bonds is 3. The molecule has 1 unspecified atom stereocenters. The Bertz CT molecular complexity index is 352. The highest BCUT2D eigenvalue weighted by Gasteiger charge is 2.03. The zero-order chi connectivity index (χ0) is 10.6. The van der Waals surface area contributed by atoms with Crippen LogP contribution in [0, 0.1) is 19.3 Å². The van der Waals surface area contributed by atoms with Crippen molar-refractivity contribution in [1.29, 1.82) is 0 Å². The Labute approximate surface area is 94.0 Å². The molecule has 2 heteroatoms. The van der Waals surface area contributed by atoms with Gasteiger partial charge in [0.15, 0.2) is 0 Å². The molecule has 0 saturated carbocycles. The average molecular weight is 252 g/mol. The topological polar surface area (TPSA) is 12.0 Å². The molecule has 1 atom stereocenters. The first-order valence-electron chi connectivity index (χ1n) is 4.66. The van der Waals surface area contributed by atoms with Gasteiger partial charge < -0.3 is 5.32 Å². The molecule has 1 rings (SSSR count). The van der Waals surface area contributed by atoms with Crippen LogP contribution in [-0.2, 0) is 0 Å². The largest absolute Gasteiger partial charge is 0.371 e. The molecule has 0 bridgehead atoms. The molecule has 0 aliphatic carbocycles. The number of terminal acetylenes is 1. The standard InChI is InChI=1S/C12H14BrN/c1-4-11(5-2)14-12-7-6-10(13)8-9(12)3/h1,6-8,11,14H,5H2,2-3H3. The molecular formula is C12H14BrN. The SMILES string of the molecule is C#CC(CC)Nc1ccc(Br)cc1C. The summed E-state index contributed by atoms with van der Waals surface area (Å²) < 4.78 is 1.09. The van der Waals surface area contributed by atoms with Crippen LogP contribution in [0.4, 0.5) is 5.69 Å². The Hall–Kier alpha value is -0.940. The Morgan fingerprint density at radius 2 is 2.29 bits per heavy atom. The molecule has 0 fully saturated rings. The van der Waals surface area contributed by atoms with E-state index < -0.39 is 0 Å². The fourth-order valence-electron chi connectivity index (χ4n) is 1.24. The molecule has 0 heterocycles. The van der Waals surface area contributed by atoms with Gasteiger partial charge in [0.1, 0.15) is 0 Å². The summed E-state index contributed by atoms with van der Waals surface area (Å²) in [6.07, 6.45) is 6.33. The highest BCUT2D eigenvalue weighted by Crippen LogP contribution is 2.20. The van der Waals surface area contributed by atoms with E-state index in [2.05, 4.69) is 47.1 Å². The van der Waals surface area contributed by atoms with Gasteiger partial charge in [0.25, 0.3) is 0 Å². The lowest BCUT2D eigenvalue weighted by Gasteiger charge is -2.14. The number of nitrogens with one attached hydrogen (secondary N) is 1. The lowest BCUT2D eigenvalue weighted by molar-refractivity contribution is 0.856. The van der Waals surface area contributed by atoms with Crippen LogP contribution in [0.3, 0.4) is 0 Å². The molecule has 74 valence electrons. The van der Waals surface area contributed by atoms with E-state index in [0.29, 0.717) is 0 Å². The van der Waals surface area contributed by atoms with Gasteiger partial charge in [-0.3, -0.25) is 0 Å². The maximum Gasteiger partial charge on any atom is 0.0871 e. The molecule has 0 spiro atoms. The van der Waals surface area contributed by atoms with Gasteiger partial charge in [-0.1, -0.05) is 28.8 Å². The van der Waals surface area contributed by atoms with Crippen LogP contribution in [0.15, 0.2) is 22.7 Å². The van der Waals surface area contributed by atoms with Crippen molar-refractivity contribution in [2.75, 3.05) is 5.32 Å². The third-order valence-corrected chi connectivity index (χ3v) is 2.62. The smallest absolute Gasteiger partial charge is 0.0871 e. The summed E-state index contributed by atoms with van der Waals surface area (Å²) in [7, 11) is 0. The first kappa shape index (κ1) is 11.1. The predicted molar refractivity (Wildman–Crippen MR) is 65.4 cm³/mol. The molecule has 0 amide bonds. The Morgan fingerprint density at radius 1 is 1.57 bits per heavy atom. The maximum absolute atomic E-state index is 5.39. The second-order valence-corrected chi connectivity index (χ2v) is 4.15. The molecule has 14 heavy (non-hydrogen) atoms. The molecule has 0 aliphatic heterocycles. The molecule has 1 N–H and O–H groups in total. The van der Waals surface area contributed by atoms with E-state index in [1.165, 1.54) is 5.56 Å². The van der Waals surface area contributed by atoms with Crippen LogP contribution in [0.25, 0.3) is 0 Å². The molecule has 1 nitrogen and oxygen atoms in total. The Morgan fingerprint density at radius 3 is 2.79 bits per heavy atom. The van der Waals surface area contributed by atoms with Crippen molar-refractivity contribution in [3.05, 3.63) is 28.2 Å². The number of aryl methyl sites for hydroxylation is 1. The minimum atomic E-state index is 0.120. The van der Waals surface area contributed by atoms with E-state index in [-0.39, 0.29) is 6.04 Å². The maximum atomic E-state index is 5.39. The second kappa shape index (κ2) is 5.07. The van der Waals surface area contributed by atoms with Crippen molar-refractivity contribution < 1.29 is 0 Å². The fourth-order valence-corrected chi connectivity index (χ4v) is 1.71. The zero-order valence-electron chi connectivity index (χ0n) is 8.47.